The fourth-order valence-corrected chi connectivity index (χ4v) is 2.85. The number of carbonyl (C=O) groups excluding carboxylic acids is 1. The number of hydrogen-bond donors (Lipinski definition) is 2. The Kier molecular flexibility index (Phi) is 9.01. The summed E-state index contributed by atoms with van der Waals surface area (Å²) in [5, 5.41) is 6.02. The van der Waals surface area contributed by atoms with Crippen molar-refractivity contribution in [3.8, 4) is 0 Å². The molecule has 6 heteroatoms. The average Bonchev–Trinajstić information content (AvgIpc) is 2.64. The molecular formula is C13H23ClN2O2S. The van der Waals surface area contributed by atoms with Crippen molar-refractivity contribution in [2.75, 3.05) is 26.8 Å². The molecule has 2 N–H and O–H groups in total. The van der Waals surface area contributed by atoms with Crippen LogP contribution in [0.1, 0.15) is 28.3 Å². The SMILES string of the molecule is COCCNCC(=O)NC(C)c1cc(C)sc1C.Cl. The molecule has 110 valence electrons. The van der Waals surface area contributed by atoms with E-state index in [1.54, 1.807) is 18.4 Å². The molecule has 4 nitrogen and oxygen atoms in total. The zero-order valence-electron chi connectivity index (χ0n) is 11.9. The van der Waals surface area contributed by atoms with Gasteiger partial charge in [0.1, 0.15) is 0 Å². The van der Waals surface area contributed by atoms with Crippen molar-refractivity contribution >= 4 is 29.7 Å². The number of amides is 1. The maximum Gasteiger partial charge on any atom is 0.234 e. The van der Waals surface area contributed by atoms with Crippen LogP contribution in [0.2, 0.25) is 0 Å². The first-order chi connectivity index (χ1) is 8.54. The summed E-state index contributed by atoms with van der Waals surface area (Å²) in [5.41, 5.74) is 1.21. The number of ether oxygens (including phenoxy) is 1. The first-order valence-electron chi connectivity index (χ1n) is 6.10. The second-order valence-electron chi connectivity index (χ2n) is 4.33. The van der Waals surface area contributed by atoms with E-state index < -0.39 is 0 Å². The standard InChI is InChI=1S/C13H22N2O2S.ClH/c1-9-7-12(11(3)18-9)10(2)15-13(16)8-14-5-6-17-4;/h7,10,14H,5-6,8H2,1-4H3,(H,15,16);1H. The summed E-state index contributed by atoms with van der Waals surface area (Å²) in [5.74, 6) is 0.0156. The highest BCUT2D eigenvalue weighted by Gasteiger charge is 2.13. The quantitative estimate of drug-likeness (QED) is 0.759. The van der Waals surface area contributed by atoms with E-state index in [0.717, 1.165) is 0 Å². The molecule has 1 aromatic rings. The van der Waals surface area contributed by atoms with Gasteiger partial charge in [0, 0.05) is 23.4 Å². The maximum atomic E-state index is 11.7. The van der Waals surface area contributed by atoms with Crippen molar-refractivity contribution < 1.29 is 9.53 Å². The molecule has 0 radical (unpaired) electrons. The molecule has 0 aliphatic heterocycles. The van der Waals surface area contributed by atoms with E-state index in [4.69, 9.17) is 4.74 Å². The van der Waals surface area contributed by atoms with Crippen LogP contribution in [0.25, 0.3) is 0 Å². The van der Waals surface area contributed by atoms with Gasteiger partial charge in [0.2, 0.25) is 5.91 Å². The Balaban J connectivity index is 0.00000324. The number of halogens is 1. The second-order valence-corrected chi connectivity index (χ2v) is 5.79. The first-order valence-corrected chi connectivity index (χ1v) is 6.92. The van der Waals surface area contributed by atoms with Gasteiger partial charge in [0.15, 0.2) is 0 Å². The zero-order valence-corrected chi connectivity index (χ0v) is 13.5. The van der Waals surface area contributed by atoms with Crippen LogP contribution in [0.5, 0.6) is 0 Å². The lowest BCUT2D eigenvalue weighted by molar-refractivity contribution is -0.120. The smallest absolute Gasteiger partial charge is 0.234 e. The minimum absolute atomic E-state index is 0. The number of methoxy groups -OCH3 is 1. The number of carbonyl (C=O) groups is 1. The molecule has 0 aliphatic carbocycles. The maximum absolute atomic E-state index is 11.7. The van der Waals surface area contributed by atoms with E-state index in [9.17, 15) is 4.79 Å². The summed E-state index contributed by atoms with van der Waals surface area (Å²) < 4.78 is 4.90. The van der Waals surface area contributed by atoms with E-state index in [1.807, 2.05) is 6.92 Å². The van der Waals surface area contributed by atoms with Crippen molar-refractivity contribution in [1.29, 1.82) is 0 Å². The summed E-state index contributed by atoms with van der Waals surface area (Å²) in [6.45, 7) is 7.83. The highest BCUT2D eigenvalue weighted by molar-refractivity contribution is 7.12. The van der Waals surface area contributed by atoms with Gasteiger partial charge >= 0.3 is 0 Å². The molecule has 0 saturated carbocycles. The molecular weight excluding hydrogens is 284 g/mol. The van der Waals surface area contributed by atoms with Crippen LogP contribution in [0.15, 0.2) is 6.07 Å². The van der Waals surface area contributed by atoms with Gasteiger partial charge in [-0.15, -0.1) is 23.7 Å². The van der Waals surface area contributed by atoms with Gasteiger partial charge in [-0.1, -0.05) is 0 Å². The molecule has 19 heavy (non-hydrogen) atoms. The molecule has 0 bridgehead atoms. The Morgan fingerprint density at radius 1 is 1.47 bits per heavy atom. The van der Waals surface area contributed by atoms with Crippen LogP contribution in [-0.4, -0.2) is 32.7 Å². The molecule has 0 fully saturated rings. The van der Waals surface area contributed by atoms with Gasteiger partial charge in [-0.25, -0.2) is 0 Å². The fourth-order valence-electron chi connectivity index (χ4n) is 1.83. The van der Waals surface area contributed by atoms with E-state index in [0.29, 0.717) is 19.7 Å². The summed E-state index contributed by atoms with van der Waals surface area (Å²) in [4.78, 5) is 14.2. The van der Waals surface area contributed by atoms with Gasteiger partial charge in [0.05, 0.1) is 19.2 Å². The molecule has 1 aromatic heterocycles. The Labute approximate surface area is 125 Å². The van der Waals surface area contributed by atoms with Crippen molar-refractivity contribution in [2.45, 2.75) is 26.8 Å². The third-order valence-electron chi connectivity index (χ3n) is 2.69. The van der Waals surface area contributed by atoms with E-state index in [-0.39, 0.29) is 24.4 Å². The van der Waals surface area contributed by atoms with Crippen LogP contribution < -0.4 is 10.6 Å². The fraction of sp³-hybridized carbons (Fsp3) is 0.615. The number of hydrogen-bond acceptors (Lipinski definition) is 4. The lowest BCUT2D eigenvalue weighted by Gasteiger charge is -2.14. The molecule has 1 heterocycles. The predicted octanol–water partition coefficient (Wildman–Crippen LogP) is 2.20. The average molecular weight is 307 g/mol. The van der Waals surface area contributed by atoms with Crippen LogP contribution in [0, 0.1) is 13.8 Å². The molecule has 1 rings (SSSR count). The summed E-state index contributed by atoms with van der Waals surface area (Å²) in [7, 11) is 1.64. The zero-order chi connectivity index (χ0) is 13.5. The van der Waals surface area contributed by atoms with Crippen molar-refractivity contribution in [3.63, 3.8) is 0 Å². The van der Waals surface area contributed by atoms with Crippen molar-refractivity contribution in [1.82, 2.24) is 10.6 Å². The number of aryl methyl sites for hydroxylation is 2. The van der Waals surface area contributed by atoms with Crippen LogP contribution in [0.3, 0.4) is 0 Å². The first kappa shape index (κ1) is 18.4. The minimum Gasteiger partial charge on any atom is -0.383 e. The highest BCUT2D eigenvalue weighted by atomic mass is 35.5. The molecule has 1 unspecified atom stereocenters. The summed E-state index contributed by atoms with van der Waals surface area (Å²) >= 11 is 1.77. The Morgan fingerprint density at radius 2 is 2.16 bits per heavy atom. The normalized spacial score (nSPS) is 11.8. The van der Waals surface area contributed by atoms with Crippen molar-refractivity contribution in [3.05, 3.63) is 21.4 Å². The van der Waals surface area contributed by atoms with E-state index in [2.05, 4.69) is 30.5 Å². The van der Waals surface area contributed by atoms with Crippen molar-refractivity contribution in [2.24, 2.45) is 0 Å². The Bertz CT molecular complexity index is 396. The highest BCUT2D eigenvalue weighted by Crippen LogP contribution is 2.25. The van der Waals surface area contributed by atoms with Gasteiger partial charge in [-0.05, 0) is 32.4 Å². The molecule has 0 aliphatic rings. The van der Waals surface area contributed by atoms with Gasteiger partial charge < -0.3 is 15.4 Å². The monoisotopic (exact) mass is 306 g/mol. The Hall–Kier alpha value is -0.620. The molecule has 0 saturated heterocycles. The lowest BCUT2D eigenvalue weighted by Crippen LogP contribution is -2.36. The third kappa shape index (κ3) is 6.38. The molecule has 0 spiro atoms. The van der Waals surface area contributed by atoms with Gasteiger partial charge in [-0.3, -0.25) is 4.79 Å². The predicted molar refractivity (Wildman–Crippen MR) is 82.3 cm³/mol. The molecule has 1 atom stereocenters. The Morgan fingerprint density at radius 3 is 2.68 bits per heavy atom. The lowest BCUT2D eigenvalue weighted by atomic mass is 10.1. The van der Waals surface area contributed by atoms with Gasteiger partial charge in [-0.2, -0.15) is 0 Å². The minimum atomic E-state index is 0. The molecule has 1 amide bonds. The topological polar surface area (TPSA) is 50.4 Å². The number of rotatable bonds is 7. The van der Waals surface area contributed by atoms with Crippen LogP contribution >= 0.6 is 23.7 Å². The second kappa shape index (κ2) is 9.31. The summed E-state index contributed by atoms with van der Waals surface area (Å²) in [6, 6.07) is 2.20. The number of thiophene rings is 1. The largest absolute Gasteiger partial charge is 0.383 e. The van der Waals surface area contributed by atoms with Crippen LogP contribution in [0.4, 0.5) is 0 Å². The van der Waals surface area contributed by atoms with Crippen LogP contribution in [-0.2, 0) is 9.53 Å². The van der Waals surface area contributed by atoms with Gasteiger partial charge in [0.25, 0.3) is 0 Å². The molecule has 0 aromatic carbocycles. The number of nitrogens with one attached hydrogen (secondary N) is 2. The van der Waals surface area contributed by atoms with E-state index in [1.165, 1.54) is 15.3 Å². The summed E-state index contributed by atoms with van der Waals surface area (Å²) in [6.07, 6.45) is 0. The third-order valence-corrected chi connectivity index (χ3v) is 3.67. The van der Waals surface area contributed by atoms with E-state index >= 15 is 0 Å².